The summed E-state index contributed by atoms with van der Waals surface area (Å²) >= 11 is 5.93. The van der Waals surface area contributed by atoms with Crippen LogP contribution in [0.1, 0.15) is 5.56 Å². The zero-order chi connectivity index (χ0) is 22.0. The van der Waals surface area contributed by atoms with Gasteiger partial charge in [0.1, 0.15) is 17.1 Å². The third kappa shape index (κ3) is 3.84. The summed E-state index contributed by atoms with van der Waals surface area (Å²) in [5, 5.41) is 0.474. The summed E-state index contributed by atoms with van der Waals surface area (Å²) in [5.74, 6) is 2.56. The molecule has 0 radical (unpaired) electrons. The number of halogens is 1. The molecule has 1 aromatic heterocycles. The molecular weight excluding hydrogens is 416 g/mol. The van der Waals surface area contributed by atoms with Crippen LogP contribution in [-0.4, -0.2) is 21.3 Å². The summed E-state index contributed by atoms with van der Waals surface area (Å²) in [5.41, 5.74) is 3.17. The van der Waals surface area contributed by atoms with Crippen LogP contribution in [0.4, 0.5) is 0 Å². The lowest BCUT2D eigenvalue weighted by molar-refractivity contribution is 0.355. The molecule has 6 heteroatoms. The van der Waals surface area contributed by atoms with Crippen molar-refractivity contribution in [3.8, 4) is 39.7 Å². The largest absolute Gasteiger partial charge is 0.497 e. The molecule has 1 heterocycles. The third-order valence-electron chi connectivity index (χ3n) is 5.14. The third-order valence-corrected chi connectivity index (χ3v) is 5.45. The average Bonchev–Trinajstić information content (AvgIpc) is 2.83. The Morgan fingerprint density at radius 1 is 0.806 bits per heavy atom. The van der Waals surface area contributed by atoms with E-state index in [9.17, 15) is 4.79 Å². The molecule has 5 nitrogen and oxygen atoms in total. The van der Waals surface area contributed by atoms with Gasteiger partial charge in [-0.15, -0.1) is 11.6 Å². The van der Waals surface area contributed by atoms with Crippen molar-refractivity contribution in [2.75, 3.05) is 21.3 Å². The molecule has 158 valence electrons. The zero-order valence-corrected chi connectivity index (χ0v) is 18.2. The summed E-state index contributed by atoms with van der Waals surface area (Å²) in [4.78, 5) is 13.6. The predicted octanol–water partition coefficient (Wildman–Crippen LogP) is 5.89. The Bertz CT molecular complexity index is 1290. The summed E-state index contributed by atoms with van der Waals surface area (Å²) in [7, 11) is 4.71. The Hall–Kier alpha value is -3.44. The normalized spacial score (nSPS) is 10.8. The maximum atomic E-state index is 13.6. The molecule has 31 heavy (non-hydrogen) atoms. The molecule has 0 unspecified atom stereocenters. The van der Waals surface area contributed by atoms with Crippen molar-refractivity contribution in [3.05, 3.63) is 76.5 Å². The molecule has 0 amide bonds. The molecule has 0 atom stereocenters. The first-order valence-electron chi connectivity index (χ1n) is 9.62. The van der Waals surface area contributed by atoms with Gasteiger partial charge in [0.25, 0.3) is 0 Å². The van der Waals surface area contributed by atoms with Gasteiger partial charge in [0, 0.05) is 17.5 Å². The van der Waals surface area contributed by atoms with E-state index < -0.39 is 0 Å². The minimum Gasteiger partial charge on any atom is -0.497 e. The molecular formula is C25H21ClO5. The van der Waals surface area contributed by atoms with Crippen molar-refractivity contribution >= 4 is 22.6 Å². The fraction of sp³-hybridized carbons (Fsp3) is 0.160. The van der Waals surface area contributed by atoms with Crippen LogP contribution in [0.5, 0.6) is 17.2 Å². The lowest BCUT2D eigenvalue weighted by atomic mass is 9.97. The van der Waals surface area contributed by atoms with Crippen molar-refractivity contribution in [3.63, 3.8) is 0 Å². The second kappa shape index (κ2) is 8.74. The molecule has 4 aromatic rings. The molecule has 0 bridgehead atoms. The van der Waals surface area contributed by atoms with Gasteiger partial charge in [-0.2, -0.15) is 0 Å². The average molecular weight is 437 g/mol. The van der Waals surface area contributed by atoms with Crippen molar-refractivity contribution in [2.24, 2.45) is 0 Å². The lowest BCUT2D eigenvalue weighted by Crippen LogP contribution is -2.08. The number of fused-ring (bicyclic) bond motifs is 1. The topological polar surface area (TPSA) is 57.9 Å². The molecule has 0 N–H and O–H groups in total. The van der Waals surface area contributed by atoms with Crippen LogP contribution in [0.3, 0.4) is 0 Å². The number of ether oxygens (including phenoxy) is 3. The Morgan fingerprint density at radius 3 is 2.16 bits per heavy atom. The molecule has 0 aliphatic heterocycles. The van der Waals surface area contributed by atoms with Gasteiger partial charge in [0.2, 0.25) is 5.43 Å². The van der Waals surface area contributed by atoms with E-state index in [1.807, 2.05) is 30.3 Å². The number of rotatable bonds is 6. The highest BCUT2D eigenvalue weighted by Gasteiger charge is 2.20. The van der Waals surface area contributed by atoms with Gasteiger partial charge in [-0.25, -0.2) is 0 Å². The van der Waals surface area contributed by atoms with Gasteiger partial charge in [-0.05, 0) is 41.5 Å². The molecule has 0 fully saturated rings. The highest BCUT2D eigenvalue weighted by atomic mass is 35.5. The van der Waals surface area contributed by atoms with Gasteiger partial charge in [-0.3, -0.25) is 4.79 Å². The maximum Gasteiger partial charge on any atom is 0.201 e. The standard InChI is InChI=1S/C25H21ClO5/c1-28-18-9-10-19-21(13-18)31-25(17-8-11-20(29-2)22(12-17)30-3)23(24(19)27)16-6-4-15(14-26)5-7-16/h4-13H,14H2,1-3H3. The number of methoxy groups -OCH3 is 3. The van der Waals surface area contributed by atoms with E-state index in [4.69, 9.17) is 30.2 Å². The van der Waals surface area contributed by atoms with Gasteiger partial charge in [0.15, 0.2) is 11.5 Å². The van der Waals surface area contributed by atoms with E-state index >= 15 is 0 Å². The lowest BCUT2D eigenvalue weighted by Gasteiger charge is -2.14. The van der Waals surface area contributed by atoms with Crippen LogP contribution in [-0.2, 0) is 5.88 Å². The first-order valence-corrected chi connectivity index (χ1v) is 10.2. The molecule has 0 aliphatic rings. The molecule has 0 spiro atoms. The second-order valence-corrected chi connectivity index (χ2v) is 7.16. The smallest absolute Gasteiger partial charge is 0.201 e. The summed E-state index contributed by atoms with van der Waals surface area (Å²) in [6, 6.07) is 18.1. The van der Waals surface area contributed by atoms with Crippen molar-refractivity contribution in [1.29, 1.82) is 0 Å². The fourth-order valence-electron chi connectivity index (χ4n) is 3.50. The van der Waals surface area contributed by atoms with Gasteiger partial charge < -0.3 is 18.6 Å². The van der Waals surface area contributed by atoms with Gasteiger partial charge in [0.05, 0.1) is 32.3 Å². The molecule has 0 saturated heterocycles. The van der Waals surface area contributed by atoms with E-state index in [0.717, 1.165) is 11.1 Å². The van der Waals surface area contributed by atoms with E-state index in [1.165, 1.54) is 0 Å². The molecule has 0 aliphatic carbocycles. The van der Waals surface area contributed by atoms with Crippen molar-refractivity contribution in [1.82, 2.24) is 0 Å². The first kappa shape index (κ1) is 20.8. The quantitative estimate of drug-likeness (QED) is 0.352. The molecule has 4 rings (SSSR count). The van der Waals surface area contributed by atoms with Crippen LogP contribution < -0.4 is 19.6 Å². The van der Waals surface area contributed by atoms with Crippen molar-refractivity contribution < 1.29 is 18.6 Å². The number of benzene rings is 3. The second-order valence-electron chi connectivity index (χ2n) is 6.90. The SMILES string of the molecule is COc1ccc2c(=O)c(-c3ccc(CCl)cc3)c(-c3ccc(OC)c(OC)c3)oc2c1. The zero-order valence-electron chi connectivity index (χ0n) is 17.4. The summed E-state index contributed by atoms with van der Waals surface area (Å²) in [6.07, 6.45) is 0. The van der Waals surface area contributed by atoms with Crippen LogP contribution in [0, 0.1) is 0 Å². The van der Waals surface area contributed by atoms with Crippen LogP contribution in [0.2, 0.25) is 0 Å². The summed E-state index contributed by atoms with van der Waals surface area (Å²) < 4.78 is 22.4. The van der Waals surface area contributed by atoms with E-state index in [0.29, 0.717) is 51.0 Å². The Labute approximate surface area is 184 Å². The highest BCUT2D eigenvalue weighted by molar-refractivity contribution is 6.17. The monoisotopic (exact) mass is 436 g/mol. The number of alkyl halides is 1. The Morgan fingerprint density at radius 2 is 1.52 bits per heavy atom. The number of hydrogen-bond donors (Lipinski definition) is 0. The summed E-state index contributed by atoms with van der Waals surface area (Å²) in [6.45, 7) is 0. The predicted molar refractivity (Wildman–Crippen MR) is 123 cm³/mol. The highest BCUT2D eigenvalue weighted by Crippen LogP contribution is 2.38. The Balaban J connectivity index is 2.04. The molecule has 3 aromatic carbocycles. The minimum atomic E-state index is -0.132. The van der Waals surface area contributed by atoms with E-state index in [-0.39, 0.29) is 5.43 Å². The van der Waals surface area contributed by atoms with E-state index in [1.54, 1.807) is 51.7 Å². The van der Waals surface area contributed by atoms with Gasteiger partial charge >= 0.3 is 0 Å². The maximum absolute atomic E-state index is 13.6. The van der Waals surface area contributed by atoms with E-state index in [2.05, 4.69) is 0 Å². The van der Waals surface area contributed by atoms with Gasteiger partial charge in [-0.1, -0.05) is 24.3 Å². The first-order chi connectivity index (χ1) is 15.1. The van der Waals surface area contributed by atoms with Crippen LogP contribution in [0.15, 0.2) is 69.9 Å². The van der Waals surface area contributed by atoms with Crippen molar-refractivity contribution in [2.45, 2.75) is 5.88 Å². The minimum absolute atomic E-state index is 0.132. The number of hydrogen-bond acceptors (Lipinski definition) is 5. The fourth-order valence-corrected chi connectivity index (χ4v) is 3.68. The molecule has 0 saturated carbocycles. The van der Waals surface area contributed by atoms with Crippen LogP contribution in [0.25, 0.3) is 33.4 Å². The Kier molecular flexibility index (Phi) is 5.87. The van der Waals surface area contributed by atoms with Crippen LogP contribution >= 0.6 is 11.6 Å².